The van der Waals surface area contributed by atoms with Crippen LogP contribution in [0.4, 0.5) is 0 Å². The van der Waals surface area contributed by atoms with E-state index in [9.17, 15) is 4.79 Å². The van der Waals surface area contributed by atoms with Crippen molar-refractivity contribution in [2.24, 2.45) is 11.7 Å². The lowest BCUT2D eigenvalue weighted by Crippen LogP contribution is -2.44. The SMILES string of the molecule is CC(NC(=O)[C@H](N)C(C)C)c1ccc(Cl)s1.Cl. The average Bonchev–Trinajstić information content (AvgIpc) is 2.63. The van der Waals surface area contributed by atoms with E-state index in [2.05, 4.69) is 5.32 Å². The van der Waals surface area contributed by atoms with Crippen molar-refractivity contribution in [2.45, 2.75) is 32.9 Å². The first-order valence-corrected chi connectivity index (χ1v) is 6.42. The Morgan fingerprint density at radius 2 is 2.00 bits per heavy atom. The van der Waals surface area contributed by atoms with E-state index in [1.165, 1.54) is 11.3 Å². The van der Waals surface area contributed by atoms with Crippen molar-refractivity contribution < 1.29 is 4.79 Å². The number of carbonyl (C=O) groups excluding carboxylic acids is 1. The lowest BCUT2D eigenvalue weighted by atomic mass is 10.0. The number of hydrogen-bond acceptors (Lipinski definition) is 3. The van der Waals surface area contributed by atoms with E-state index in [1.54, 1.807) is 0 Å². The van der Waals surface area contributed by atoms with E-state index in [4.69, 9.17) is 17.3 Å². The zero-order valence-electron chi connectivity index (χ0n) is 10.1. The predicted molar refractivity (Wildman–Crippen MR) is 75.9 cm³/mol. The molecule has 1 rings (SSSR count). The van der Waals surface area contributed by atoms with Gasteiger partial charge in [0, 0.05) is 4.88 Å². The maximum Gasteiger partial charge on any atom is 0.237 e. The van der Waals surface area contributed by atoms with E-state index in [1.807, 2.05) is 32.9 Å². The molecule has 3 N–H and O–H groups in total. The zero-order chi connectivity index (χ0) is 12.3. The minimum absolute atomic E-state index is 0. The summed E-state index contributed by atoms with van der Waals surface area (Å²) in [5.74, 6) is 0.0196. The Bertz CT molecular complexity index is 368. The fourth-order valence-corrected chi connectivity index (χ4v) is 2.31. The largest absolute Gasteiger partial charge is 0.347 e. The van der Waals surface area contributed by atoms with Crippen molar-refractivity contribution in [3.63, 3.8) is 0 Å². The van der Waals surface area contributed by atoms with Gasteiger partial charge in [-0.2, -0.15) is 0 Å². The van der Waals surface area contributed by atoms with Gasteiger partial charge in [-0.25, -0.2) is 0 Å². The molecule has 3 nitrogen and oxygen atoms in total. The second-order valence-corrected chi connectivity index (χ2v) is 5.89. The van der Waals surface area contributed by atoms with Crippen molar-refractivity contribution in [1.29, 1.82) is 0 Å². The molecule has 0 aliphatic carbocycles. The summed E-state index contributed by atoms with van der Waals surface area (Å²) in [6, 6.07) is 3.23. The first kappa shape index (κ1) is 16.7. The lowest BCUT2D eigenvalue weighted by molar-refractivity contribution is -0.123. The molecule has 0 saturated carbocycles. The fraction of sp³-hybridized carbons (Fsp3) is 0.545. The van der Waals surface area contributed by atoms with Crippen LogP contribution in [0.3, 0.4) is 0 Å². The van der Waals surface area contributed by atoms with Gasteiger partial charge in [0.15, 0.2) is 0 Å². The van der Waals surface area contributed by atoms with Crippen molar-refractivity contribution in [1.82, 2.24) is 5.32 Å². The molecule has 1 heterocycles. The molecule has 17 heavy (non-hydrogen) atoms. The highest BCUT2D eigenvalue weighted by Crippen LogP contribution is 2.26. The minimum Gasteiger partial charge on any atom is -0.347 e. The summed E-state index contributed by atoms with van der Waals surface area (Å²) >= 11 is 7.30. The number of halogens is 2. The fourth-order valence-electron chi connectivity index (χ4n) is 1.24. The third kappa shape index (κ3) is 4.84. The number of carbonyl (C=O) groups is 1. The van der Waals surface area contributed by atoms with Crippen molar-refractivity contribution in [3.05, 3.63) is 21.3 Å². The number of thiophene rings is 1. The monoisotopic (exact) mass is 296 g/mol. The second kappa shape index (κ2) is 7.21. The van der Waals surface area contributed by atoms with Crippen LogP contribution in [0.5, 0.6) is 0 Å². The van der Waals surface area contributed by atoms with Crippen LogP contribution in [0.25, 0.3) is 0 Å². The van der Waals surface area contributed by atoms with Crippen LogP contribution >= 0.6 is 35.3 Å². The molecule has 6 heteroatoms. The van der Waals surface area contributed by atoms with Gasteiger partial charge in [-0.3, -0.25) is 4.79 Å². The van der Waals surface area contributed by atoms with Gasteiger partial charge >= 0.3 is 0 Å². The van der Waals surface area contributed by atoms with Gasteiger partial charge in [-0.15, -0.1) is 23.7 Å². The van der Waals surface area contributed by atoms with Gasteiger partial charge < -0.3 is 11.1 Å². The van der Waals surface area contributed by atoms with Crippen LogP contribution in [0, 0.1) is 5.92 Å². The molecule has 0 spiro atoms. The van der Waals surface area contributed by atoms with Crippen LogP contribution in [0.1, 0.15) is 31.7 Å². The van der Waals surface area contributed by atoms with Crippen LogP contribution in [-0.4, -0.2) is 11.9 Å². The molecule has 1 aromatic heterocycles. The van der Waals surface area contributed by atoms with E-state index >= 15 is 0 Å². The highest BCUT2D eigenvalue weighted by Gasteiger charge is 2.19. The Hall–Kier alpha value is -0.290. The Morgan fingerprint density at radius 3 is 2.41 bits per heavy atom. The van der Waals surface area contributed by atoms with Crippen molar-refractivity contribution in [3.8, 4) is 0 Å². The van der Waals surface area contributed by atoms with E-state index in [-0.39, 0.29) is 30.3 Å². The smallest absolute Gasteiger partial charge is 0.237 e. The van der Waals surface area contributed by atoms with E-state index in [0.717, 1.165) is 9.21 Å². The standard InChI is InChI=1S/C11H17ClN2OS.ClH/c1-6(2)10(13)11(15)14-7(3)8-4-5-9(12)16-8;/h4-7,10H,13H2,1-3H3,(H,14,15);1H/t7?,10-;/m1./s1. The van der Waals surface area contributed by atoms with Crippen molar-refractivity contribution >= 4 is 41.3 Å². The number of nitrogens with two attached hydrogens (primary N) is 1. The minimum atomic E-state index is -0.460. The maximum atomic E-state index is 11.7. The molecule has 1 aromatic rings. The molecule has 0 saturated heterocycles. The number of rotatable bonds is 4. The molecule has 98 valence electrons. The Balaban J connectivity index is 0.00000256. The molecular weight excluding hydrogens is 279 g/mol. The van der Waals surface area contributed by atoms with Gasteiger partial charge in [-0.1, -0.05) is 25.4 Å². The average molecular weight is 297 g/mol. The molecule has 0 fully saturated rings. The predicted octanol–water partition coefficient (Wildman–Crippen LogP) is 2.98. The molecule has 2 atom stereocenters. The number of amides is 1. The van der Waals surface area contributed by atoms with Gasteiger partial charge in [0.25, 0.3) is 0 Å². The first-order valence-electron chi connectivity index (χ1n) is 5.23. The summed E-state index contributed by atoms with van der Waals surface area (Å²) in [5.41, 5.74) is 5.76. The summed E-state index contributed by atoms with van der Waals surface area (Å²) in [6.07, 6.45) is 0. The topological polar surface area (TPSA) is 55.1 Å². The summed E-state index contributed by atoms with van der Waals surface area (Å²) in [7, 11) is 0. The zero-order valence-corrected chi connectivity index (χ0v) is 12.5. The lowest BCUT2D eigenvalue weighted by Gasteiger charge is -2.18. The molecule has 0 aliphatic heterocycles. The molecule has 1 amide bonds. The Kier molecular flexibility index (Phi) is 7.09. The van der Waals surface area contributed by atoms with Crippen LogP contribution < -0.4 is 11.1 Å². The van der Waals surface area contributed by atoms with Crippen molar-refractivity contribution in [2.75, 3.05) is 0 Å². The number of hydrogen-bond donors (Lipinski definition) is 2. The van der Waals surface area contributed by atoms with Crippen LogP contribution in [0.2, 0.25) is 4.34 Å². The van der Waals surface area contributed by atoms with Gasteiger partial charge in [0.1, 0.15) is 0 Å². The van der Waals surface area contributed by atoms with E-state index in [0.29, 0.717) is 0 Å². The quantitative estimate of drug-likeness (QED) is 0.897. The third-order valence-corrected chi connectivity index (χ3v) is 3.81. The first-order chi connectivity index (χ1) is 7.41. The van der Waals surface area contributed by atoms with Crippen LogP contribution in [0.15, 0.2) is 12.1 Å². The summed E-state index contributed by atoms with van der Waals surface area (Å²) in [6.45, 7) is 5.78. The summed E-state index contributed by atoms with van der Waals surface area (Å²) < 4.78 is 0.726. The molecule has 0 aromatic carbocycles. The molecule has 1 unspecified atom stereocenters. The highest BCUT2D eigenvalue weighted by atomic mass is 35.5. The normalized spacial score (nSPS) is 14.0. The van der Waals surface area contributed by atoms with Gasteiger partial charge in [0.2, 0.25) is 5.91 Å². The molecular formula is C11H18Cl2N2OS. The van der Waals surface area contributed by atoms with E-state index < -0.39 is 6.04 Å². The summed E-state index contributed by atoms with van der Waals surface area (Å²) in [4.78, 5) is 12.7. The van der Waals surface area contributed by atoms with Crippen LogP contribution in [-0.2, 0) is 4.79 Å². The highest BCUT2D eigenvalue weighted by molar-refractivity contribution is 7.16. The molecule has 0 bridgehead atoms. The number of nitrogens with one attached hydrogen (secondary N) is 1. The molecule has 0 aliphatic rings. The second-order valence-electron chi connectivity index (χ2n) is 4.14. The van der Waals surface area contributed by atoms with Gasteiger partial charge in [-0.05, 0) is 25.0 Å². The third-order valence-electron chi connectivity index (χ3n) is 2.40. The maximum absolute atomic E-state index is 11.7. The molecule has 0 radical (unpaired) electrons. The summed E-state index contributed by atoms with van der Waals surface area (Å²) in [5, 5.41) is 2.88. The van der Waals surface area contributed by atoms with Gasteiger partial charge in [0.05, 0.1) is 16.4 Å². The Labute approximate surface area is 117 Å². The Morgan fingerprint density at radius 1 is 1.41 bits per heavy atom.